The van der Waals surface area contributed by atoms with E-state index in [4.69, 9.17) is 20.2 Å². The van der Waals surface area contributed by atoms with Crippen molar-refractivity contribution in [3.63, 3.8) is 0 Å². The van der Waals surface area contributed by atoms with Crippen molar-refractivity contribution in [2.75, 3.05) is 0 Å². The zero-order valence-electron chi connectivity index (χ0n) is 12.1. The van der Waals surface area contributed by atoms with Gasteiger partial charge in [-0.25, -0.2) is 0 Å². The van der Waals surface area contributed by atoms with E-state index in [2.05, 4.69) is 0 Å². The van der Waals surface area contributed by atoms with Crippen LogP contribution in [0.25, 0.3) is 12.2 Å². The van der Waals surface area contributed by atoms with E-state index in [-0.39, 0.29) is 0 Å². The molecule has 2 aromatic rings. The Labute approximate surface area is 146 Å². The van der Waals surface area contributed by atoms with Gasteiger partial charge in [0.05, 0.1) is 0 Å². The van der Waals surface area contributed by atoms with Crippen LogP contribution in [0.5, 0.6) is 0 Å². The van der Waals surface area contributed by atoms with E-state index in [1.54, 1.807) is 12.2 Å². The predicted octanol–water partition coefficient (Wildman–Crippen LogP) is 4.55. The van der Waals surface area contributed by atoms with Crippen molar-refractivity contribution in [3.8, 4) is 0 Å². The van der Waals surface area contributed by atoms with Crippen LogP contribution in [0.3, 0.4) is 0 Å². The van der Waals surface area contributed by atoms with Crippen LogP contribution in [0.2, 0.25) is 0 Å². The average Bonchev–Trinajstić information content (AvgIpc) is 2.59. The fraction of sp³-hybridized carbons (Fsp3) is 0. The van der Waals surface area contributed by atoms with E-state index in [0.29, 0.717) is 0 Å². The van der Waals surface area contributed by atoms with Gasteiger partial charge in [-0.05, 0) is 0 Å². The van der Waals surface area contributed by atoms with Gasteiger partial charge in [0.15, 0.2) is 0 Å². The number of hydrogen-bond acceptors (Lipinski definition) is 2. The summed E-state index contributed by atoms with van der Waals surface area (Å²) in [5.41, 5.74) is 1.68. The molecule has 0 saturated carbocycles. The molecule has 0 bridgehead atoms. The van der Waals surface area contributed by atoms with Gasteiger partial charge in [0, 0.05) is 0 Å². The second-order valence-corrected chi connectivity index (χ2v) is 13.9. The Morgan fingerprint density at radius 1 is 0.696 bits per heavy atom. The van der Waals surface area contributed by atoms with Crippen molar-refractivity contribution in [2.45, 2.75) is 0 Å². The first-order chi connectivity index (χ1) is 11.0. The summed E-state index contributed by atoms with van der Waals surface area (Å²) in [6.07, 6.45) is 5.77. The van der Waals surface area contributed by atoms with E-state index in [9.17, 15) is 9.59 Å². The summed E-state index contributed by atoms with van der Waals surface area (Å²) in [6.45, 7) is 0. The summed E-state index contributed by atoms with van der Waals surface area (Å²) in [5.74, 6) is 0. The van der Waals surface area contributed by atoms with E-state index >= 15 is 0 Å². The average molecular weight is 412 g/mol. The van der Waals surface area contributed by atoms with Gasteiger partial charge in [0.25, 0.3) is 0 Å². The first kappa shape index (κ1) is 17.7. The molecule has 0 spiro atoms. The molecular formula is C18H14Cl2O2Se. The Morgan fingerprint density at radius 2 is 1.04 bits per heavy atom. The second kappa shape index (κ2) is 8.28. The van der Waals surface area contributed by atoms with Crippen LogP contribution < -0.4 is 0 Å². The van der Waals surface area contributed by atoms with Gasteiger partial charge >= 0.3 is 146 Å². The zero-order chi connectivity index (χ0) is 16.7. The fourth-order valence-electron chi connectivity index (χ4n) is 1.73. The molecular weight excluding hydrogens is 398 g/mol. The molecule has 2 aromatic carbocycles. The molecule has 2 nitrogen and oxygen atoms in total. The van der Waals surface area contributed by atoms with Gasteiger partial charge < -0.3 is 0 Å². The Bertz CT molecular complexity index is 675. The first-order valence-corrected chi connectivity index (χ1v) is 13.0. The van der Waals surface area contributed by atoms with Crippen LogP contribution in [0.15, 0.2) is 72.8 Å². The van der Waals surface area contributed by atoms with Gasteiger partial charge in [-0.3, -0.25) is 0 Å². The van der Waals surface area contributed by atoms with Crippen molar-refractivity contribution in [2.24, 2.45) is 0 Å². The SMILES string of the molecule is O=C(/C=C/c1ccccc1)[Se](Cl)(Cl)C(=O)/C=C/c1ccccc1. The maximum atomic E-state index is 12.2. The standard InChI is InChI=1S/C18H14Cl2O2Se/c19-23(20,17(21)13-11-15-7-3-1-4-8-15)18(22)14-12-16-9-5-2-6-10-16/h1-14H/b13-11+,14-12+. The minimum atomic E-state index is -3.92. The number of benzene rings is 2. The van der Waals surface area contributed by atoms with E-state index < -0.39 is 20.4 Å². The van der Waals surface area contributed by atoms with Crippen molar-refractivity contribution >= 4 is 52.7 Å². The molecule has 0 atom stereocenters. The molecule has 118 valence electrons. The molecule has 0 unspecified atom stereocenters. The summed E-state index contributed by atoms with van der Waals surface area (Å²) < 4.78 is -1.03. The molecule has 0 aliphatic heterocycles. The molecule has 0 fully saturated rings. The van der Waals surface area contributed by atoms with Gasteiger partial charge in [-0.15, -0.1) is 0 Å². The third kappa shape index (κ3) is 5.19. The van der Waals surface area contributed by atoms with E-state index in [1.807, 2.05) is 60.7 Å². The normalized spacial score (nSPS) is 12.6. The van der Waals surface area contributed by atoms with Gasteiger partial charge in [-0.2, -0.15) is 0 Å². The summed E-state index contributed by atoms with van der Waals surface area (Å²) in [5, 5.41) is 0. The van der Waals surface area contributed by atoms with Crippen LogP contribution in [-0.2, 0) is 9.59 Å². The van der Waals surface area contributed by atoms with Gasteiger partial charge in [-0.1, -0.05) is 0 Å². The van der Waals surface area contributed by atoms with Crippen LogP contribution in [0, 0.1) is 0 Å². The number of hydrogen-bond donors (Lipinski definition) is 0. The third-order valence-corrected chi connectivity index (χ3v) is 8.78. The number of carbonyl (C=O) groups is 2. The number of allylic oxidation sites excluding steroid dienone is 2. The molecule has 0 aliphatic rings. The van der Waals surface area contributed by atoms with E-state index in [0.717, 1.165) is 11.1 Å². The monoisotopic (exact) mass is 412 g/mol. The Morgan fingerprint density at radius 3 is 1.39 bits per heavy atom. The summed E-state index contributed by atoms with van der Waals surface area (Å²) in [6, 6.07) is 18.5. The van der Waals surface area contributed by atoms with Crippen molar-refractivity contribution in [3.05, 3.63) is 83.9 Å². The zero-order valence-corrected chi connectivity index (χ0v) is 15.3. The van der Waals surface area contributed by atoms with Crippen molar-refractivity contribution in [1.29, 1.82) is 0 Å². The predicted molar refractivity (Wildman–Crippen MR) is 98.4 cm³/mol. The molecule has 0 saturated heterocycles. The van der Waals surface area contributed by atoms with Crippen LogP contribution in [0.1, 0.15) is 11.1 Å². The maximum absolute atomic E-state index is 12.2. The molecule has 5 heteroatoms. The number of halogens is 2. The molecule has 2 rings (SSSR count). The summed E-state index contributed by atoms with van der Waals surface area (Å²) >= 11 is -3.92. The topological polar surface area (TPSA) is 34.1 Å². The molecule has 0 heterocycles. The van der Waals surface area contributed by atoms with E-state index in [1.165, 1.54) is 12.2 Å². The quantitative estimate of drug-likeness (QED) is 0.516. The number of carbonyl (C=O) groups excluding carboxylic acids is 2. The second-order valence-electron chi connectivity index (χ2n) is 4.60. The van der Waals surface area contributed by atoms with Crippen LogP contribution in [-0.4, -0.2) is 20.4 Å². The molecule has 0 amide bonds. The molecule has 0 N–H and O–H groups in total. The Balaban J connectivity index is 2.07. The number of rotatable bonds is 6. The summed E-state index contributed by atoms with van der Waals surface area (Å²) in [4.78, 5) is 24.3. The molecule has 0 radical (unpaired) electrons. The Kier molecular flexibility index (Phi) is 6.37. The minimum absolute atomic E-state index is 0.517. The summed E-state index contributed by atoms with van der Waals surface area (Å²) in [7, 11) is 12.2. The fourth-order valence-corrected chi connectivity index (χ4v) is 4.21. The molecule has 0 aliphatic carbocycles. The van der Waals surface area contributed by atoms with Crippen LogP contribution >= 0.6 is 20.2 Å². The van der Waals surface area contributed by atoms with Gasteiger partial charge in [0.2, 0.25) is 0 Å². The van der Waals surface area contributed by atoms with Crippen molar-refractivity contribution < 1.29 is 9.59 Å². The molecule has 23 heavy (non-hydrogen) atoms. The van der Waals surface area contributed by atoms with Gasteiger partial charge in [0.1, 0.15) is 0 Å². The first-order valence-electron chi connectivity index (χ1n) is 6.77. The molecule has 0 aromatic heterocycles. The Hall–Kier alpha value is -1.64. The van der Waals surface area contributed by atoms with Crippen LogP contribution in [0.4, 0.5) is 0 Å². The van der Waals surface area contributed by atoms with Crippen molar-refractivity contribution in [1.82, 2.24) is 0 Å². The third-order valence-electron chi connectivity index (χ3n) is 2.93.